The number of halogens is 4. The molecule has 0 aromatic heterocycles. The molecular weight excluding hydrogens is 530 g/mol. The third kappa shape index (κ3) is 9.24. The summed E-state index contributed by atoms with van der Waals surface area (Å²) in [6.07, 6.45) is 0. The van der Waals surface area contributed by atoms with E-state index in [2.05, 4.69) is 80.4 Å². The van der Waals surface area contributed by atoms with Gasteiger partial charge in [0.1, 0.15) is 0 Å². The van der Waals surface area contributed by atoms with Crippen LogP contribution in [0, 0.1) is 17.4 Å². The first-order valence-corrected chi connectivity index (χ1v) is 9.99. The van der Waals surface area contributed by atoms with Gasteiger partial charge in [-0.25, -0.2) is 18.6 Å². The first-order chi connectivity index (χ1) is 9.24. The van der Waals surface area contributed by atoms with Crippen molar-refractivity contribution in [2.75, 3.05) is 0 Å². The maximum Gasteiger partial charge on any atom is 0.357 e. The Morgan fingerprint density at radius 1 is 0.650 bits per heavy atom. The average molecular weight is 538 g/mol. The molecule has 0 bridgehead atoms. The average Bonchev–Trinajstić information content (AvgIpc) is 2.33. The van der Waals surface area contributed by atoms with Crippen molar-refractivity contribution >= 4 is 31.9 Å². The molecule has 2 rings (SSSR count). The van der Waals surface area contributed by atoms with E-state index in [9.17, 15) is 0 Å². The molecule has 0 spiro atoms. The van der Waals surface area contributed by atoms with E-state index in [4.69, 9.17) is 18.6 Å². The molecule has 0 unspecified atom stereocenters. The lowest BCUT2D eigenvalue weighted by atomic mass is 10.4. The first kappa shape index (κ1) is 18.3. The van der Waals surface area contributed by atoms with Crippen molar-refractivity contribution in [1.82, 2.24) is 0 Å². The maximum absolute atomic E-state index is 8.49. The van der Waals surface area contributed by atoms with Gasteiger partial charge in [-0.15, -0.1) is 10.2 Å². The first-order valence-electron chi connectivity index (χ1n) is 5.02. The van der Waals surface area contributed by atoms with E-state index in [1.807, 2.05) is 0 Å². The third-order valence-corrected chi connectivity index (χ3v) is 5.57. The Hall–Kier alpha value is 0.260. The van der Waals surface area contributed by atoms with Crippen molar-refractivity contribution in [3.05, 3.63) is 64.6 Å². The van der Waals surface area contributed by atoms with Crippen LogP contribution in [0.3, 0.4) is 0 Å². The van der Waals surface area contributed by atoms with Crippen LogP contribution in [0.2, 0.25) is 0 Å². The summed E-state index contributed by atoms with van der Waals surface area (Å²) in [5, 5.41) is 0. The van der Waals surface area contributed by atoms with Crippen molar-refractivity contribution in [2.45, 2.75) is 0 Å². The number of hydrogen-bond donors (Lipinski definition) is 0. The minimum atomic E-state index is -4.94. The zero-order valence-corrected chi connectivity index (χ0v) is 15.8. The van der Waals surface area contributed by atoms with Crippen molar-refractivity contribution in [2.24, 2.45) is 0 Å². The fraction of sp³-hybridized carbons (Fsp3) is 0. The van der Waals surface area contributed by atoms with Crippen LogP contribution in [-0.4, -0.2) is 0 Å². The molecule has 0 atom stereocenters. The molecule has 0 fully saturated rings. The van der Waals surface area contributed by atoms with Gasteiger partial charge in [-0.05, 0) is 48.5 Å². The standard InChI is InChI=1S/C12H8Br2I.ClHO4/c13-9-1-5-11(6-2-9)15-12-7-3-10(14)4-8-12;2-1(3,4)5/h1-8H;(H,2,3,4,5)/q+1;/p-1. The zero-order chi connectivity index (χ0) is 15.2. The van der Waals surface area contributed by atoms with Crippen LogP contribution in [0.4, 0.5) is 0 Å². The molecule has 4 nitrogen and oxygen atoms in total. The highest BCUT2D eigenvalue weighted by Gasteiger charge is 2.14. The molecule has 0 saturated carbocycles. The van der Waals surface area contributed by atoms with Gasteiger partial charge < -0.3 is 0 Å². The maximum atomic E-state index is 8.49. The third-order valence-electron chi connectivity index (χ3n) is 1.83. The van der Waals surface area contributed by atoms with Crippen molar-refractivity contribution in [3.8, 4) is 0 Å². The molecule has 8 heteroatoms. The van der Waals surface area contributed by atoms with Crippen LogP contribution in [0.5, 0.6) is 0 Å². The Bertz CT molecular complexity index is 479. The molecule has 0 amide bonds. The summed E-state index contributed by atoms with van der Waals surface area (Å²) in [5.41, 5.74) is 0. The molecule has 0 saturated heterocycles. The van der Waals surface area contributed by atoms with E-state index in [0.717, 1.165) is 8.95 Å². The van der Waals surface area contributed by atoms with Gasteiger partial charge in [0.15, 0.2) is 7.14 Å². The molecule has 20 heavy (non-hydrogen) atoms. The van der Waals surface area contributed by atoms with Crippen LogP contribution in [-0.2, 0) is 0 Å². The molecule has 0 aliphatic heterocycles. The second-order valence-electron chi connectivity index (χ2n) is 3.35. The highest BCUT2D eigenvalue weighted by Crippen LogP contribution is 2.07. The molecule has 0 heterocycles. The van der Waals surface area contributed by atoms with E-state index in [1.165, 1.54) is 7.14 Å². The largest absolute Gasteiger partial charge is 0.357 e. The monoisotopic (exact) mass is 536 g/mol. The van der Waals surface area contributed by atoms with Gasteiger partial charge in [-0.3, -0.25) is 0 Å². The Kier molecular flexibility index (Phi) is 7.91. The molecule has 0 radical (unpaired) electrons. The van der Waals surface area contributed by atoms with E-state index < -0.39 is 10.2 Å². The Morgan fingerprint density at radius 3 is 1.15 bits per heavy atom. The van der Waals surface area contributed by atoms with Crippen molar-refractivity contribution in [3.63, 3.8) is 0 Å². The predicted octanol–water partition coefficient (Wildman–Crippen LogP) is -3.42. The molecule has 0 N–H and O–H groups in total. The zero-order valence-electron chi connectivity index (χ0n) is 9.76. The summed E-state index contributed by atoms with van der Waals surface area (Å²) in [5.74, 6) is 0. The predicted molar refractivity (Wildman–Crippen MR) is 65.7 cm³/mol. The van der Waals surface area contributed by atoms with Crippen LogP contribution >= 0.6 is 31.9 Å². The number of benzene rings is 2. The number of rotatable bonds is 2. The Labute approximate surface area is 145 Å². The fourth-order valence-corrected chi connectivity index (χ4v) is 3.80. The van der Waals surface area contributed by atoms with Crippen LogP contribution in [0.25, 0.3) is 0 Å². The molecular formula is C12H8Br2ClIO4. The molecule has 0 aliphatic rings. The molecule has 0 aliphatic carbocycles. The van der Waals surface area contributed by atoms with Crippen molar-refractivity contribution < 1.29 is 50.1 Å². The van der Waals surface area contributed by atoms with Gasteiger partial charge in [-0.2, -0.15) is 0 Å². The lowest BCUT2D eigenvalue weighted by Gasteiger charge is -2.17. The summed E-state index contributed by atoms with van der Waals surface area (Å²) >= 11 is 6.85. The van der Waals surface area contributed by atoms with Gasteiger partial charge in [0.2, 0.25) is 0 Å². The SMILES string of the molecule is Brc1ccc([I+]c2ccc(Br)cc2)cc1.[O-][Cl+3]([O-])([O-])[O-]. The second-order valence-corrected chi connectivity index (χ2v) is 8.96. The summed E-state index contributed by atoms with van der Waals surface area (Å²) in [6.45, 7) is 0. The topological polar surface area (TPSA) is 92.2 Å². The fourth-order valence-electron chi connectivity index (χ4n) is 1.11. The van der Waals surface area contributed by atoms with Gasteiger partial charge in [0, 0.05) is 8.95 Å². The summed E-state index contributed by atoms with van der Waals surface area (Å²) < 4.78 is 39.1. The summed E-state index contributed by atoms with van der Waals surface area (Å²) in [4.78, 5) is 0. The van der Waals surface area contributed by atoms with E-state index >= 15 is 0 Å². The lowest BCUT2D eigenvalue weighted by Crippen LogP contribution is -3.61. The summed E-state index contributed by atoms with van der Waals surface area (Å²) in [6, 6.07) is 17.2. The van der Waals surface area contributed by atoms with E-state index in [1.54, 1.807) is 0 Å². The van der Waals surface area contributed by atoms with Crippen LogP contribution in [0.1, 0.15) is 0 Å². The molecule has 2 aromatic rings. The normalized spacial score (nSPS) is 10.7. The van der Waals surface area contributed by atoms with Crippen LogP contribution < -0.4 is 39.8 Å². The Morgan fingerprint density at radius 2 is 0.900 bits per heavy atom. The smallest absolute Gasteiger partial charge is 0.222 e. The highest BCUT2D eigenvalue weighted by molar-refractivity contribution is 9.10. The minimum absolute atomic E-state index is 0.0385. The Balaban J connectivity index is 0.000000347. The quantitative estimate of drug-likeness (QED) is 0.373. The van der Waals surface area contributed by atoms with Gasteiger partial charge in [-0.1, -0.05) is 31.9 Å². The minimum Gasteiger partial charge on any atom is -0.222 e. The van der Waals surface area contributed by atoms with Gasteiger partial charge >= 0.3 is 21.2 Å². The van der Waals surface area contributed by atoms with Crippen molar-refractivity contribution in [1.29, 1.82) is 0 Å². The van der Waals surface area contributed by atoms with E-state index in [-0.39, 0.29) is 21.2 Å². The summed E-state index contributed by atoms with van der Waals surface area (Å²) in [7, 11) is -4.94. The van der Waals surface area contributed by atoms with E-state index in [0.29, 0.717) is 0 Å². The number of hydrogen-bond acceptors (Lipinski definition) is 4. The lowest BCUT2D eigenvalue weighted by molar-refractivity contribution is -2.00. The highest BCUT2D eigenvalue weighted by atomic mass is 127. The molecule has 2 aromatic carbocycles. The van der Waals surface area contributed by atoms with Gasteiger partial charge in [0.25, 0.3) is 0 Å². The molecule has 108 valence electrons. The van der Waals surface area contributed by atoms with Gasteiger partial charge in [0.05, 0.1) is 0 Å². The second kappa shape index (κ2) is 8.64. The van der Waals surface area contributed by atoms with Crippen LogP contribution in [0.15, 0.2) is 57.5 Å².